The largest absolute Gasteiger partial charge is 0.469 e. The molecule has 1 atom stereocenters. The Bertz CT molecular complexity index is 484. The Kier molecular flexibility index (Phi) is 5.16. The normalized spacial score (nSPS) is 16.0. The van der Waals surface area contributed by atoms with Crippen molar-refractivity contribution in [2.45, 2.75) is 19.1 Å². The number of nitrogens with zero attached hydrogens (tertiary/aromatic N) is 1. The zero-order chi connectivity index (χ0) is 15.2. The summed E-state index contributed by atoms with van der Waals surface area (Å²) < 4.78 is 9.67. The predicted molar refractivity (Wildman–Crippen MR) is 74.3 cm³/mol. The summed E-state index contributed by atoms with van der Waals surface area (Å²) in [6.07, 6.45) is -1.23. The number of carbonyl (C=O) groups is 2. The van der Waals surface area contributed by atoms with Gasteiger partial charge in [0, 0.05) is 19.0 Å². The molecule has 0 unspecified atom stereocenters. The smallest absolute Gasteiger partial charge is 0.410 e. The molecule has 21 heavy (non-hydrogen) atoms. The van der Waals surface area contributed by atoms with E-state index in [0.29, 0.717) is 13.1 Å². The van der Waals surface area contributed by atoms with Gasteiger partial charge in [0.2, 0.25) is 0 Å². The average molecular weight is 293 g/mol. The van der Waals surface area contributed by atoms with Crippen molar-refractivity contribution >= 4 is 12.1 Å². The minimum Gasteiger partial charge on any atom is -0.469 e. The highest BCUT2D eigenvalue weighted by molar-refractivity contribution is 5.70. The third-order valence-corrected chi connectivity index (χ3v) is 3.52. The number of benzene rings is 1. The van der Waals surface area contributed by atoms with Crippen LogP contribution in [0, 0.1) is 5.92 Å². The molecule has 1 aliphatic rings. The van der Waals surface area contributed by atoms with E-state index in [-0.39, 0.29) is 18.9 Å². The number of hydrogen-bond acceptors (Lipinski definition) is 5. The van der Waals surface area contributed by atoms with Gasteiger partial charge in [-0.05, 0) is 5.56 Å². The van der Waals surface area contributed by atoms with Gasteiger partial charge in [-0.1, -0.05) is 30.3 Å². The third kappa shape index (κ3) is 4.19. The van der Waals surface area contributed by atoms with Gasteiger partial charge in [0.15, 0.2) is 0 Å². The van der Waals surface area contributed by atoms with Crippen molar-refractivity contribution in [3.8, 4) is 0 Å². The van der Waals surface area contributed by atoms with Crippen LogP contribution in [-0.2, 0) is 20.9 Å². The Morgan fingerprint density at radius 2 is 2.00 bits per heavy atom. The number of amides is 1. The van der Waals surface area contributed by atoms with E-state index in [9.17, 15) is 14.7 Å². The molecule has 0 saturated carbocycles. The number of ether oxygens (including phenoxy) is 2. The standard InChI is InChI=1S/C15H19NO5/c1-20-14(18)7-13(17)12-8-16(9-12)15(19)21-10-11-5-3-2-4-6-11/h2-6,12-13,17H,7-10H2,1H3/t13-/m1/s1. The van der Waals surface area contributed by atoms with Gasteiger partial charge in [0.1, 0.15) is 6.61 Å². The molecule has 1 amide bonds. The van der Waals surface area contributed by atoms with Gasteiger partial charge in [0.25, 0.3) is 0 Å². The van der Waals surface area contributed by atoms with Crippen LogP contribution >= 0.6 is 0 Å². The molecule has 1 N–H and O–H groups in total. The van der Waals surface area contributed by atoms with E-state index in [0.717, 1.165) is 5.56 Å². The number of rotatable bonds is 5. The number of esters is 1. The van der Waals surface area contributed by atoms with E-state index in [4.69, 9.17) is 4.74 Å². The fourth-order valence-corrected chi connectivity index (χ4v) is 2.14. The zero-order valence-corrected chi connectivity index (χ0v) is 11.9. The van der Waals surface area contributed by atoms with Crippen molar-refractivity contribution in [3.63, 3.8) is 0 Å². The van der Waals surface area contributed by atoms with Gasteiger partial charge in [0.05, 0.1) is 19.6 Å². The Balaban J connectivity index is 1.69. The van der Waals surface area contributed by atoms with Crippen molar-refractivity contribution in [1.29, 1.82) is 0 Å². The molecule has 114 valence electrons. The number of hydrogen-bond donors (Lipinski definition) is 1. The molecule has 0 aliphatic carbocycles. The van der Waals surface area contributed by atoms with Crippen LogP contribution in [0.15, 0.2) is 30.3 Å². The lowest BCUT2D eigenvalue weighted by Crippen LogP contribution is -2.54. The van der Waals surface area contributed by atoms with Crippen LogP contribution in [-0.4, -0.2) is 48.4 Å². The summed E-state index contributed by atoms with van der Waals surface area (Å²) in [5.74, 6) is -0.555. The van der Waals surface area contributed by atoms with Crippen LogP contribution in [0.25, 0.3) is 0 Å². The van der Waals surface area contributed by atoms with Crippen molar-refractivity contribution in [3.05, 3.63) is 35.9 Å². The monoisotopic (exact) mass is 293 g/mol. The number of aliphatic hydroxyl groups is 1. The Morgan fingerprint density at radius 3 is 2.62 bits per heavy atom. The van der Waals surface area contributed by atoms with Crippen LogP contribution in [0.4, 0.5) is 4.79 Å². The van der Waals surface area contributed by atoms with Crippen LogP contribution in [0.5, 0.6) is 0 Å². The van der Waals surface area contributed by atoms with Gasteiger partial charge in [-0.15, -0.1) is 0 Å². The molecule has 0 spiro atoms. The maximum atomic E-state index is 11.8. The maximum absolute atomic E-state index is 11.8. The second-order valence-electron chi connectivity index (χ2n) is 5.05. The number of aliphatic hydroxyl groups excluding tert-OH is 1. The summed E-state index contributed by atoms with van der Waals surface area (Å²) in [7, 11) is 1.28. The Morgan fingerprint density at radius 1 is 1.33 bits per heavy atom. The molecule has 0 radical (unpaired) electrons. The SMILES string of the molecule is COC(=O)C[C@@H](O)C1CN(C(=O)OCc2ccccc2)C1. The second-order valence-corrected chi connectivity index (χ2v) is 5.05. The van der Waals surface area contributed by atoms with Gasteiger partial charge < -0.3 is 19.5 Å². The first-order chi connectivity index (χ1) is 10.1. The summed E-state index contributed by atoms with van der Waals surface area (Å²) in [5, 5.41) is 9.80. The molecule has 6 heteroatoms. The Hall–Kier alpha value is -2.08. The summed E-state index contributed by atoms with van der Waals surface area (Å²) in [5.41, 5.74) is 0.925. The molecule has 1 aliphatic heterocycles. The van der Waals surface area contributed by atoms with E-state index < -0.39 is 18.2 Å². The molecule has 6 nitrogen and oxygen atoms in total. The van der Waals surface area contributed by atoms with E-state index in [2.05, 4.69) is 4.74 Å². The third-order valence-electron chi connectivity index (χ3n) is 3.52. The number of carbonyl (C=O) groups excluding carboxylic acids is 2. The highest BCUT2D eigenvalue weighted by atomic mass is 16.6. The summed E-state index contributed by atoms with van der Waals surface area (Å²) >= 11 is 0. The fourth-order valence-electron chi connectivity index (χ4n) is 2.14. The van der Waals surface area contributed by atoms with Crippen LogP contribution in [0.3, 0.4) is 0 Å². The van der Waals surface area contributed by atoms with E-state index in [1.54, 1.807) is 0 Å². The number of likely N-dealkylation sites (tertiary alicyclic amines) is 1. The Labute approximate surface area is 123 Å². The van der Waals surface area contributed by atoms with Crippen molar-refractivity contribution in [2.75, 3.05) is 20.2 Å². The summed E-state index contributed by atoms with van der Waals surface area (Å²) in [4.78, 5) is 24.3. The molecular formula is C15H19NO5. The van der Waals surface area contributed by atoms with Crippen molar-refractivity contribution in [1.82, 2.24) is 4.90 Å². The quantitative estimate of drug-likeness (QED) is 0.825. The minimum absolute atomic E-state index is 0.0475. The molecule has 1 saturated heterocycles. The van der Waals surface area contributed by atoms with Crippen LogP contribution in [0.2, 0.25) is 0 Å². The van der Waals surface area contributed by atoms with Gasteiger partial charge in [-0.2, -0.15) is 0 Å². The fraction of sp³-hybridized carbons (Fsp3) is 0.467. The van der Waals surface area contributed by atoms with Gasteiger partial charge in [-0.25, -0.2) is 4.79 Å². The van der Waals surface area contributed by atoms with Gasteiger partial charge >= 0.3 is 12.1 Å². The topological polar surface area (TPSA) is 76.1 Å². The molecule has 1 fully saturated rings. The zero-order valence-electron chi connectivity index (χ0n) is 11.9. The molecule has 0 aromatic heterocycles. The summed E-state index contributed by atoms with van der Waals surface area (Å²) in [6, 6.07) is 9.42. The highest BCUT2D eigenvalue weighted by Crippen LogP contribution is 2.22. The lowest BCUT2D eigenvalue weighted by molar-refractivity contribution is -0.144. The van der Waals surface area contributed by atoms with E-state index in [1.807, 2.05) is 30.3 Å². The van der Waals surface area contributed by atoms with E-state index in [1.165, 1.54) is 12.0 Å². The van der Waals surface area contributed by atoms with Crippen LogP contribution in [0.1, 0.15) is 12.0 Å². The molecule has 1 heterocycles. The second kappa shape index (κ2) is 7.08. The predicted octanol–water partition coefficient (Wildman–Crippen LogP) is 1.18. The lowest BCUT2D eigenvalue weighted by atomic mass is 9.92. The lowest BCUT2D eigenvalue weighted by Gasteiger charge is -2.40. The average Bonchev–Trinajstić information content (AvgIpc) is 2.44. The maximum Gasteiger partial charge on any atom is 0.410 e. The summed E-state index contributed by atoms with van der Waals surface area (Å²) in [6.45, 7) is 1.02. The first-order valence-electron chi connectivity index (χ1n) is 6.80. The van der Waals surface area contributed by atoms with E-state index >= 15 is 0 Å². The van der Waals surface area contributed by atoms with Crippen molar-refractivity contribution < 1.29 is 24.2 Å². The molecule has 2 rings (SSSR count). The highest BCUT2D eigenvalue weighted by Gasteiger charge is 2.37. The molecular weight excluding hydrogens is 274 g/mol. The van der Waals surface area contributed by atoms with Gasteiger partial charge in [-0.3, -0.25) is 4.79 Å². The molecule has 1 aromatic carbocycles. The molecule has 1 aromatic rings. The molecule has 0 bridgehead atoms. The van der Waals surface area contributed by atoms with Crippen LogP contribution < -0.4 is 0 Å². The first kappa shape index (κ1) is 15.3. The number of methoxy groups -OCH3 is 1. The van der Waals surface area contributed by atoms with Crippen molar-refractivity contribution in [2.24, 2.45) is 5.92 Å². The minimum atomic E-state index is -0.782. The first-order valence-corrected chi connectivity index (χ1v) is 6.80.